The van der Waals surface area contributed by atoms with Crippen molar-refractivity contribution in [1.29, 1.82) is 0 Å². The van der Waals surface area contributed by atoms with Gasteiger partial charge in [-0.2, -0.15) is 0 Å². The Hall–Kier alpha value is -1.85. The number of nitrogens with one attached hydrogen (secondary N) is 1. The van der Waals surface area contributed by atoms with E-state index in [0.717, 1.165) is 5.56 Å². The summed E-state index contributed by atoms with van der Waals surface area (Å²) < 4.78 is 22.8. The van der Waals surface area contributed by atoms with E-state index in [0.29, 0.717) is 36.8 Å². The van der Waals surface area contributed by atoms with Crippen molar-refractivity contribution >= 4 is 7.60 Å². The molecule has 23 heavy (non-hydrogen) atoms. The van der Waals surface area contributed by atoms with Gasteiger partial charge in [-0.1, -0.05) is 36.4 Å². The van der Waals surface area contributed by atoms with Crippen LogP contribution in [0.5, 0.6) is 11.5 Å². The first-order valence-electron chi connectivity index (χ1n) is 7.26. The lowest BCUT2D eigenvalue weighted by Gasteiger charge is -2.23. The Morgan fingerprint density at radius 2 is 1.74 bits per heavy atom. The van der Waals surface area contributed by atoms with E-state index in [2.05, 4.69) is 5.32 Å². The summed E-state index contributed by atoms with van der Waals surface area (Å²) >= 11 is 0. The van der Waals surface area contributed by atoms with Crippen LogP contribution in [0, 0.1) is 0 Å². The van der Waals surface area contributed by atoms with Crippen LogP contribution >= 0.6 is 7.60 Å². The molecule has 3 rings (SSSR count). The lowest BCUT2D eigenvalue weighted by Crippen LogP contribution is -2.22. The SMILES string of the molecule is O=P(O)(O)C(NCc1ccccc1)c1ccc2c(c1)OCCO2. The zero-order valence-corrected chi connectivity index (χ0v) is 13.3. The minimum Gasteiger partial charge on any atom is -0.486 e. The third kappa shape index (κ3) is 3.92. The normalized spacial score (nSPS) is 15.2. The number of ether oxygens (including phenoxy) is 2. The van der Waals surface area contributed by atoms with Crippen molar-refractivity contribution in [3.05, 3.63) is 59.7 Å². The average molecular weight is 335 g/mol. The molecule has 0 fully saturated rings. The van der Waals surface area contributed by atoms with Crippen LogP contribution in [0.2, 0.25) is 0 Å². The van der Waals surface area contributed by atoms with Crippen molar-refractivity contribution in [2.75, 3.05) is 13.2 Å². The Morgan fingerprint density at radius 3 is 2.43 bits per heavy atom. The molecule has 7 heteroatoms. The highest BCUT2D eigenvalue weighted by molar-refractivity contribution is 7.52. The number of hydrogen-bond acceptors (Lipinski definition) is 4. The lowest BCUT2D eigenvalue weighted by molar-refractivity contribution is 0.171. The fourth-order valence-electron chi connectivity index (χ4n) is 2.47. The maximum Gasteiger partial charge on any atom is 0.346 e. The van der Waals surface area contributed by atoms with E-state index in [1.54, 1.807) is 18.2 Å². The van der Waals surface area contributed by atoms with Crippen LogP contribution in [0.25, 0.3) is 0 Å². The Balaban J connectivity index is 1.83. The number of hydrogen-bond donors (Lipinski definition) is 3. The van der Waals surface area contributed by atoms with E-state index >= 15 is 0 Å². The minimum absolute atomic E-state index is 0.352. The van der Waals surface area contributed by atoms with Crippen LogP contribution in [0.3, 0.4) is 0 Å². The second-order valence-corrected chi connectivity index (χ2v) is 6.96. The van der Waals surface area contributed by atoms with Crippen molar-refractivity contribution in [3.8, 4) is 11.5 Å². The third-order valence-electron chi connectivity index (χ3n) is 3.56. The van der Waals surface area contributed by atoms with Crippen LogP contribution in [0.4, 0.5) is 0 Å². The summed E-state index contributed by atoms with van der Waals surface area (Å²) in [6, 6.07) is 14.4. The molecule has 1 aliphatic rings. The Bertz CT molecular complexity index is 716. The number of fused-ring (bicyclic) bond motifs is 1. The third-order valence-corrected chi connectivity index (χ3v) is 4.71. The largest absolute Gasteiger partial charge is 0.486 e. The van der Waals surface area contributed by atoms with Gasteiger partial charge in [-0.15, -0.1) is 0 Å². The number of benzene rings is 2. The van der Waals surface area contributed by atoms with Crippen molar-refractivity contribution < 1.29 is 23.8 Å². The smallest absolute Gasteiger partial charge is 0.346 e. The highest BCUT2D eigenvalue weighted by Gasteiger charge is 2.31. The van der Waals surface area contributed by atoms with Crippen molar-refractivity contribution in [2.45, 2.75) is 12.3 Å². The van der Waals surface area contributed by atoms with Gasteiger partial charge in [0.05, 0.1) is 0 Å². The first kappa shape index (κ1) is 16.0. The summed E-state index contributed by atoms with van der Waals surface area (Å²) in [5, 5.41) is 2.94. The Kier molecular flexibility index (Phi) is 4.68. The maximum atomic E-state index is 11.9. The van der Waals surface area contributed by atoms with Gasteiger partial charge >= 0.3 is 7.60 Å². The second-order valence-electron chi connectivity index (χ2n) is 5.26. The summed E-state index contributed by atoms with van der Waals surface area (Å²) in [4.78, 5) is 19.4. The van der Waals surface area contributed by atoms with Crippen LogP contribution in [-0.4, -0.2) is 23.0 Å². The van der Waals surface area contributed by atoms with Crippen molar-refractivity contribution in [3.63, 3.8) is 0 Å². The molecule has 2 aromatic rings. The van der Waals surface area contributed by atoms with E-state index in [4.69, 9.17) is 9.47 Å². The van der Waals surface area contributed by atoms with E-state index in [-0.39, 0.29) is 0 Å². The van der Waals surface area contributed by atoms with Gasteiger partial charge in [0.25, 0.3) is 0 Å². The van der Waals surface area contributed by atoms with E-state index in [1.165, 1.54) is 0 Å². The van der Waals surface area contributed by atoms with Gasteiger partial charge in [0.2, 0.25) is 0 Å². The summed E-state index contributed by atoms with van der Waals surface area (Å²) in [6.45, 7) is 1.25. The molecule has 1 unspecified atom stereocenters. The number of rotatable bonds is 5. The molecule has 1 aliphatic heterocycles. The standard InChI is InChI=1S/C16H18NO5P/c18-23(19,20)16(17-11-12-4-2-1-3-5-12)13-6-7-14-15(10-13)22-9-8-21-14/h1-7,10,16-17H,8-9,11H2,(H2,18,19,20). The zero-order chi connectivity index (χ0) is 16.3. The van der Waals surface area contributed by atoms with Crippen LogP contribution in [0.1, 0.15) is 16.9 Å². The molecule has 0 aliphatic carbocycles. The van der Waals surface area contributed by atoms with Gasteiger partial charge in [-0.25, -0.2) is 0 Å². The molecule has 0 saturated heterocycles. The molecule has 6 nitrogen and oxygen atoms in total. The molecular weight excluding hydrogens is 317 g/mol. The summed E-state index contributed by atoms with van der Waals surface area (Å²) in [5.41, 5.74) is 1.42. The van der Waals surface area contributed by atoms with E-state index < -0.39 is 13.4 Å². The lowest BCUT2D eigenvalue weighted by atomic mass is 10.1. The molecule has 0 bridgehead atoms. The van der Waals surface area contributed by atoms with E-state index in [1.807, 2.05) is 30.3 Å². The predicted molar refractivity (Wildman–Crippen MR) is 85.5 cm³/mol. The molecule has 0 amide bonds. The van der Waals surface area contributed by atoms with Gasteiger partial charge in [0, 0.05) is 6.54 Å². The maximum absolute atomic E-state index is 11.9. The topological polar surface area (TPSA) is 88.0 Å². The zero-order valence-electron chi connectivity index (χ0n) is 12.4. The minimum atomic E-state index is -4.38. The van der Waals surface area contributed by atoms with Crippen molar-refractivity contribution in [1.82, 2.24) is 5.32 Å². The highest BCUT2D eigenvalue weighted by Crippen LogP contribution is 2.51. The first-order chi connectivity index (χ1) is 11.0. The van der Waals surface area contributed by atoms with Crippen molar-refractivity contribution in [2.24, 2.45) is 0 Å². The summed E-state index contributed by atoms with van der Waals surface area (Å²) in [5.74, 6) is -0.000218. The molecule has 0 aromatic heterocycles. The van der Waals surface area contributed by atoms with Gasteiger partial charge in [0.1, 0.15) is 19.0 Å². The van der Waals surface area contributed by atoms with E-state index in [9.17, 15) is 14.4 Å². The van der Waals surface area contributed by atoms with Crippen LogP contribution in [-0.2, 0) is 11.1 Å². The Morgan fingerprint density at radius 1 is 1.04 bits per heavy atom. The van der Waals surface area contributed by atoms with Gasteiger partial charge in [0.15, 0.2) is 11.5 Å². The summed E-state index contributed by atoms with van der Waals surface area (Å²) in [6.07, 6.45) is 0. The molecule has 3 N–H and O–H groups in total. The molecule has 1 heterocycles. The van der Waals surface area contributed by atoms with Gasteiger partial charge in [-0.3, -0.25) is 9.88 Å². The van der Waals surface area contributed by atoms with Crippen LogP contribution < -0.4 is 14.8 Å². The molecule has 0 radical (unpaired) electrons. The fourth-order valence-corrected chi connectivity index (χ4v) is 3.35. The Labute approximate surface area is 134 Å². The monoisotopic (exact) mass is 335 g/mol. The predicted octanol–water partition coefficient (Wildman–Crippen LogP) is 2.42. The molecule has 1 atom stereocenters. The van der Waals surface area contributed by atoms with Crippen LogP contribution in [0.15, 0.2) is 48.5 Å². The molecule has 2 aromatic carbocycles. The first-order valence-corrected chi connectivity index (χ1v) is 8.94. The highest BCUT2D eigenvalue weighted by atomic mass is 31.2. The van der Waals surface area contributed by atoms with Gasteiger partial charge < -0.3 is 19.3 Å². The quantitative estimate of drug-likeness (QED) is 0.728. The molecule has 0 spiro atoms. The second kappa shape index (κ2) is 6.72. The molecule has 122 valence electrons. The average Bonchev–Trinajstić information content (AvgIpc) is 2.54. The fraction of sp³-hybridized carbons (Fsp3) is 0.250. The molecule has 0 saturated carbocycles. The molecular formula is C16H18NO5P. The van der Waals surface area contributed by atoms with Gasteiger partial charge in [-0.05, 0) is 23.3 Å². The summed E-state index contributed by atoms with van der Waals surface area (Å²) in [7, 11) is -4.38.